The first-order valence-corrected chi connectivity index (χ1v) is 10.9. The van der Waals surface area contributed by atoms with Gasteiger partial charge in [0.1, 0.15) is 5.60 Å². The number of amides is 1. The Bertz CT molecular complexity index is 517. The average Bonchev–Trinajstić information content (AvgIpc) is 2.63. The van der Waals surface area contributed by atoms with Crippen LogP contribution in [0.4, 0.5) is 4.79 Å². The molecule has 30 heavy (non-hydrogen) atoms. The van der Waals surface area contributed by atoms with Crippen molar-refractivity contribution < 1.29 is 14.3 Å². The zero-order valence-corrected chi connectivity index (χ0v) is 22.3. The van der Waals surface area contributed by atoms with Gasteiger partial charge in [0, 0.05) is 37.8 Å². The molecule has 1 amide bonds. The number of morpholine rings is 1. The van der Waals surface area contributed by atoms with E-state index in [4.69, 9.17) is 14.5 Å². The standard InChI is InChI=1S/C21H43N5O3.HI/c1-8-10-17(25-19(27)29-20(3,4)5)15-23-18(22-9-2)24-16-21(6,7)26-11-13-28-14-12-26;/h17H,8-16H2,1-7H3,(H,25,27)(H2,22,23,24);1H. The molecule has 1 rings (SSSR count). The number of nitrogens with one attached hydrogen (secondary N) is 3. The molecule has 1 heterocycles. The highest BCUT2D eigenvalue weighted by Crippen LogP contribution is 2.16. The molecular formula is C21H44IN5O3. The SMILES string of the molecule is CCCC(CNC(=NCC(C)(C)N1CCOCC1)NCC)NC(=O)OC(C)(C)C.I. The lowest BCUT2D eigenvalue weighted by Gasteiger charge is -2.40. The summed E-state index contributed by atoms with van der Waals surface area (Å²) < 4.78 is 10.9. The summed E-state index contributed by atoms with van der Waals surface area (Å²) in [5.41, 5.74) is -0.542. The average molecular weight is 542 g/mol. The lowest BCUT2D eigenvalue weighted by molar-refractivity contribution is -0.00683. The molecule has 8 nitrogen and oxygen atoms in total. The number of hydrogen-bond acceptors (Lipinski definition) is 5. The number of guanidine groups is 1. The van der Waals surface area contributed by atoms with E-state index < -0.39 is 5.60 Å². The van der Waals surface area contributed by atoms with E-state index in [1.165, 1.54) is 0 Å². The predicted molar refractivity (Wildman–Crippen MR) is 134 cm³/mol. The third-order valence-electron chi connectivity index (χ3n) is 4.71. The van der Waals surface area contributed by atoms with Crippen LogP contribution in [0.25, 0.3) is 0 Å². The molecule has 1 saturated heterocycles. The van der Waals surface area contributed by atoms with E-state index in [-0.39, 0.29) is 41.7 Å². The van der Waals surface area contributed by atoms with Gasteiger partial charge < -0.3 is 25.4 Å². The van der Waals surface area contributed by atoms with Crippen LogP contribution in [0.15, 0.2) is 4.99 Å². The summed E-state index contributed by atoms with van der Waals surface area (Å²) in [5, 5.41) is 9.64. The number of rotatable bonds is 9. The van der Waals surface area contributed by atoms with Crippen molar-refractivity contribution in [2.24, 2.45) is 4.99 Å². The Morgan fingerprint density at radius 2 is 1.77 bits per heavy atom. The maximum atomic E-state index is 12.1. The molecule has 1 aliphatic rings. The summed E-state index contributed by atoms with van der Waals surface area (Å²) in [4.78, 5) is 19.3. The summed E-state index contributed by atoms with van der Waals surface area (Å²) in [6.45, 7) is 19.7. The molecule has 178 valence electrons. The normalized spacial score (nSPS) is 17.0. The minimum atomic E-state index is -0.504. The zero-order valence-electron chi connectivity index (χ0n) is 20.0. The van der Waals surface area contributed by atoms with Crippen LogP contribution >= 0.6 is 24.0 Å². The Hall–Kier alpha value is -0.810. The van der Waals surface area contributed by atoms with Crippen molar-refractivity contribution in [1.82, 2.24) is 20.9 Å². The maximum absolute atomic E-state index is 12.1. The first-order valence-electron chi connectivity index (χ1n) is 10.9. The first-order chi connectivity index (χ1) is 13.6. The van der Waals surface area contributed by atoms with Crippen molar-refractivity contribution in [1.29, 1.82) is 0 Å². The minimum Gasteiger partial charge on any atom is -0.444 e. The van der Waals surface area contributed by atoms with E-state index in [9.17, 15) is 4.79 Å². The van der Waals surface area contributed by atoms with Gasteiger partial charge in [-0.25, -0.2) is 4.79 Å². The number of aliphatic imine (C=N–C) groups is 1. The molecule has 0 radical (unpaired) electrons. The summed E-state index contributed by atoms with van der Waals surface area (Å²) >= 11 is 0. The number of carbonyl (C=O) groups is 1. The monoisotopic (exact) mass is 541 g/mol. The molecule has 1 unspecified atom stereocenters. The minimum absolute atomic E-state index is 0. The largest absolute Gasteiger partial charge is 0.444 e. The third kappa shape index (κ3) is 12.1. The van der Waals surface area contributed by atoms with Crippen LogP contribution in [-0.2, 0) is 9.47 Å². The van der Waals surface area contributed by atoms with Crippen LogP contribution in [0.5, 0.6) is 0 Å². The molecule has 0 spiro atoms. The van der Waals surface area contributed by atoms with E-state index >= 15 is 0 Å². The summed E-state index contributed by atoms with van der Waals surface area (Å²) in [7, 11) is 0. The first kappa shape index (κ1) is 29.2. The van der Waals surface area contributed by atoms with Crippen LogP contribution in [0, 0.1) is 0 Å². The number of halogens is 1. The van der Waals surface area contributed by atoms with Crippen molar-refractivity contribution in [3.63, 3.8) is 0 Å². The molecule has 0 aromatic carbocycles. The molecule has 9 heteroatoms. The fourth-order valence-electron chi connectivity index (χ4n) is 3.15. The highest BCUT2D eigenvalue weighted by Gasteiger charge is 2.28. The van der Waals surface area contributed by atoms with Crippen molar-refractivity contribution in [2.75, 3.05) is 45.9 Å². The number of alkyl carbamates (subject to hydrolysis) is 1. The molecule has 1 aliphatic heterocycles. The van der Waals surface area contributed by atoms with E-state index in [1.54, 1.807) is 0 Å². The van der Waals surface area contributed by atoms with Gasteiger partial charge in [-0.2, -0.15) is 0 Å². The number of ether oxygens (including phenoxy) is 2. The molecular weight excluding hydrogens is 497 g/mol. The van der Waals surface area contributed by atoms with Gasteiger partial charge in [-0.05, 0) is 48.0 Å². The third-order valence-corrected chi connectivity index (χ3v) is 4.71. The second-order valence-corrected chi connectivity index (χ2v) is 9.12. The van der Waals surface area contributed by atoms with Gasteiger partial charge in [0.05, 0.1) is 19.8 Å². The van der Waals surface area contributed by atoms with Crippen LogP contribution in [0.1, 0.15) is 61.3 Å². The lowest BCUT2D eigenvalue weighted by Crippen LogP contribution is -2.52. The summed E-state index contributed by atoms with van der Waals surface area (Å²) in [5.74, 6) is 0.765. The van der Waals surface area contributed by atoms with Gasteiger partial charge in [-0.1, -0.05) is 13.3 Å². The zero-order chi connectivity index (χ0) is 21.9. The van der Waals surface area contributed by atoms with Gasteiger partial charge in [0.2, 0.25) is 0 Å². The Morgan fingerprint density at radius 3 is 2.30 bits per heavy atom. The quantitative estimate of drug-likeness (QED) is 0.237. The number of carbonyl (C=O) groups excluding carboxylic acids is 1. The summed E-state index contributed by atoms with van der Waals surface area (Å²) in [6, 6.07) is -0.0223. The highest BCUT2D eigenvalue weighted by molar-refractivity contribution is 14.0. The molecule has 0 aromatic heterocycles. The van der Waals surface area contributed by atoms with Crippen LogP contribution in [-0.4, -0.2) is 80.1 Å². The second-order valence-electron chi connectivity index (χ2n) is 9.12. The lowest BCUT2D eigenvalue weighted by atomic mass is 10.0. The second kappa shape index (κ2) is 14.3. The molecule has 0 aliphatic carbocycles. The predicted octanol–water partition coefficient (Wildman–Crippen LogP) is 2.96. The summed E-state index contributed by atoms with van der Waals surface area (Å²) in [6.07, 6.45) is 1.46. The highest BCUT2D eigenvalue weighted by atomic mass is 127. The molecule has 0 bridgehead atoms. The van der Waals surface area contributed by atoms with Crippen molar-refractivity contribution in [2.45, 2.75) is 78.5 Å². The van der Waals surface area contributed by atoms with Crippen molar-refractivity contribution in [3.05, 3.63) is 0 Å². The van der Waals surface area contributed by atoms with Gasteiger partial charge in [0.25, 0.3) is 0 Å². The van der Waals surface area contributed by atoms with Crippen LogP contribution in [0.3, 0.4) is 0 Å². The van der Waals surface area contributed by atoms with E-state index in [2.05, 4.69) is 41.6 Å². The molecule has 1 fully saturated rings. The molecule has 0 aromatic rings. The Balaban J connectivity index is 0.00000841. The van der Waals surface area contributed by atoms with Crippen molar-refractivity contribution in [3.8, 4) is 0 Å². The Morgan fingerprint density at radius 1 is 1.13 bits per heavy atom. The van der Waals surface area contributed by atoms with Gasteiger partial charge in [-0.15, -0.1) is 24.0 Å². The van der Waals surface area contributed by atoms with Crippen LogP contribution in [0.2, 0.25) is 0 Å². The van der Waals surface area contributed by atoms with Crippen molar-refractivity contribution >= 4 is 36.0 Å². The van der Waals surface area contributed by atoms with Gasteiger partial charge in [0.15, 0.2) is 5.96 Å². The van der Waals surface area contributed by atoms with Crippen LogP contribution < -0.4 is 16.0 Å². The number of hydrogen-bond donors (Lipinski definition) is 3. The topological polar surface area (TPSA) is 87.2 Å². The molecule has 1 atom stereocenters. The molecule has 3 N–H and O–H groups in total. The Labute approximate surface area is 200 Å². The fraction of sp³-hybridized carbons (Fsp3) is 0.905. The van der Waals surface area contributed by atoms with E-state index in [0.717, 1.165) is 51.6 Å². The smallest absolute Gasteiger partial charge is 0.407 e. The fourth-order valence-corrected chi connectivity index (χ4v) is 3.15. The Kier molecular flexibility index (Phi) is 13.9. The molecule has 0 saturated carbocycles. The van der Waals surface area contributed by atoms with E-state index in [0.29, 0.717) is 13.1 Å². The van der Waals surface area contributed by atoms with Gasteiger partial charge >= 0.3 is 6.09 Å². The van der Waals surface area contributed by atoms with Gasteiger partial charge in [-0.3, -0.25) is 9.89 Å². The van der Waals surface area contributed by atoms with E-state index in [1.807, 2.05) is 27.7 Å². The maximum Gasteiger partial charge on any atom is 0.407 e. The number of nitrogens with zero attached hydrogens (tertiary/aromatic N) is 2.